The number of allylic oxidation sites excluding steroid dienone is 3. The highest BCUT2D eigenvalue weighted by Gasteiger charge is 2.16. The molecule has 0 amide bonds. The lowest BCUT2D eigenvalue weighted by atomic mass is 10.1. The van der Waals surface area contributed by atoms with Crippen LogP contribution in [0.3, 0.4) is 0 Å². The number of nitrogens with zero attached hydrogens (tertiary/aromatic N) is 6. The molecule has 0 saturated carbocycles. The second kappa shape index (κ2) is 11.8. The second-order valence-electron chi connectivity index (χ2n) is 9.70. The van der Waals surface area contributed by atoms with Gasteiger partial charge in [-0.15, -0.1) is 0 Å². The van der Waals surface area contributed by atoms with Crippen molar-refractivity contribution in [2.75, 3.05) is 0 Å². The van der Waals surface area contributed by atoms with E-state index in [0.717, 1.165) is 50.9 Å². The van der Waals surface area contributed by atoms with Gasteiger partial charge in [0.25, 0.3) is 0 Å². The van der Waals surface area contributed by atoms with E-state index in [4.69, 9.17) is 20.2 Å². The van der Waals surface area contributed by atoms with Gasteiger partial charge in [0.2, 0.25) is 0 Å². The molecule has 41 heavy (non-hydrogen) atoms. The monoisotopic (exact) mass is 534 g/mol. The third kappa shape index (κ3) is 5.68. The fraction of sp³-hybridized carbons (Fsp3) is 0.0857. The lowest BCUT2D eigenvalue weighted by Gasteiger charge is -2.09. The molecule has 200 valence electrons. The maximum atomic E-state index is 4.91. The quantitative estimate of drug-likeness (QED) is 0.180. The first-order chi connectivity index (χ1) is 20.2. The molecule has 0 saturated heterocycles. The van der Waals surface area contributed by atoms with E-state index >= 15 is 0 Å². The van der Waals surface area contributed by atoms with Gasteiger partial charge in [-0.2, -0.15) is 10.2 Å². The van der Waals surface area contributed by atoms with Crippen molar-refractivity contribution in [3.63, 3.8) is 0 Å². The molecule has 0 unspecified atom stereocenters. The summed E-state index contributed by atoms with van der Waals surface area (Å²) in [5.41, 5.74) is 6.24. The van der Waals surface area contributed by atoms with Gasteiger partial charge in [-0.1, -0.05) is 134 Å². The average Bonchev–Trinajstić information content (AvgIpc) is 3.65. The zero-order valence-corrected chi connectivity index (χ0v) is 22.9. The van der Waals surface area contributed by atoms with Crippen LogP contribution in [-0.4, -0.2) is 29.5 Å². The lowest BCUT2D eigenvalue weighted by Crippen LogP contribution is -2.07. The van der Waals surface area contributed by atoms with Crippen molar-refractivity contribution >= 4 is 5.57 Å². The molecule has 0 spiro atoms. The van der Waals surface area contributed by atoms with Gasteiger partial charge in [-0.25, -0.2) is 19.3 Å². The Morgan fingerprint density at radius 1 is 0.610 bits per heavy atom. The molecule has 0 bridgehead atoms. The Bertz CT molecular complexity index is 1780. The van der Waals surface area contributed by atoms with E-state index in [1.807, 2.05) is 107 Å². The maximum absolute atomic E-state index is 4.91. The van der Waals surface area contributed by atoms with E-state index in [-0.39, 0.29) is 0 Å². The fourth-order valence-corrected chi connectivity index (χ4v) is 4.77. The summed E-state index contributed by atoms with van der Waals surface area (Å²) in [6.45, 7) is 7.17. The van der Waals surface area contributed by atoms with Crippen LogP contribution >= 0.6 is 0 Å². The Kier molecular flexibility index (Phi) is 7.45. The molecule has 2 aromatic heterocycles. The molecule has 0 aliphatic rings. The summed E-state index contributed by atoms with van der Waals surface area (Å²) in [4.78, 5) is 9.76. The summed E-state index contributed by atoms with van der Waals surface area (Å²) in [5.74, 6) is 3.06. The summed E-state index contributed by atoms with van der Waals surface area (Å²) in [6, 6.07) is 38.9. The number of hydrogen-bond donors (Lipinski definition) is 0. The van der Waals surface area contributed by atoms with Gasteiger partial charge in [0, 0.05) is 22.3 Å². The van der Waals surface area contributed by atoms with E-state index in [9.17, 15) is 0 Å². The predicted molar refractivity (Wildman–Crippen MR) is 165 cm³/mol. The standard InChI is InChI=1S/C35H30N6/c1-3-28(4-2)34-36-32(29-14-8-5-9-15-29)38-40(34)24-26-20-22-27(23-21-26)25-41-35(31-18-12-7-13-19-31)37-33(39-41)30-16-10-6-11-17-30/h3-23H,1,24-25H2,2H3/b28-4+. The zero-order valence-electron chi connectivity index (χ0n) is 22.9. The molecule has 0 atom stereocenters. The number of hydrogen-bond acceptors (Lipinski definition) is 4. The van der Waals surface area contributed by atoms with Crippen molar-refractivity contribution in [3.05, 3.63) is 151 Å². The molecule has 6 rings (SSSR count). The van der Waals surface area contributed by atoms with Crippen molar-refractivity contribution < 1.29 is 0 Å². The Morgan fingerprint density at radius 2 is 1.07 bits per heavy atom. The van der Waals surface area contributed by atoms with Crippen LogP contribution in [0.2, 0.25) is 0 Å². The van der Waals surface area contributed by atoms with E-state index in [2.05, 4.69) is 43.0 Å². The highest BCUT2D eigenvalue weighted by Crippen LogP contribution is 2.24. The lowest BCUT2D eigenvalue weighted by molar-refractivity contribution is 0.674. The van der Waals surface area contributed by atoms with Gasteiger partial charge in [-0.05, 0) is 18.1 Å². The van der Waals surface area contributed by atoms with Gasteiger partial charge in [-0.3, -0.25) is 0 Å². The summed E-state index contributed by atoms with van der Waals surface area (Å²) in [7, 11) is 0. The minimum absolute atomic E-state index is 0.595. The van der Waals surface area contributed by atoms with Crippen molar-refractivity contribution in [3.8, 4) is 34.2 Å². The van der Waals surface area contributed by atoms with Crippen molar-refractivity contribution in [1.82, 2.24) is 29.5 Å². The van der Waals surface area contributed by atoms with E-state index in [1.165, 1.54) is 0 Å². The van der Waals surface area contributed by atoms with E-state index in [1.54, 1.807) is 0 Å². The van der Waals surface area contributed by atoms with E-state index in [0.29, 0.717) is 18.9 Å². The molecular formula is C35H30N6. The molecule has 0 aliphatic heterocycles. The van der Waals surface area contributed by atoms with Crippen LogP contribution in [0.4, 0.5) is 0 Å². The number of rotatable bonds is 9. The van der Waals surface area contributed by atoms with Crippen LogP contribution in [0.1, 0.15) is 23.9 Å². The minimum Gasteiger partial charge on any atom is -0.241 e. The first kappa shape index (κ1) is 25.9. The zero-order chi connectivity index (χ0) is 28.0. The Balaban J connectivity index is 1.28. The first-order valence-corrected chi connectivity index (χ1v) is 13.6. The van der Waals surface area contributed by atoms with Crippen LogP contribution in [0, 0.1) is 0 Å². The molecule has 0 aliphatic carbocycles. The molecule has 6 aromatic rings. The van der Waals surface area contributed by atoms with Crippen LogP contribution in [-0.2, 0) is 13.1 Å². The highest BCUT2D eigenvalue weighted by atomic mass is 15.4. The summed E-state index contributed by atoms with van der Waals surface area (Å²) >= 11 is 0. The van der Waals surface area contributed by atoms with Gasteiger partial charge >= 0.3 is 0 Å². The van der Waals surface area contributed by atoms with Crippen molar-refractivity contribution in [2.45, 2.75) is 20.0 Å². The molecular weight excluding hydrogens is 504 g/mol. The SMILES string of the molecule is C=C/C(=C\C)c1nc(-c2ccccc2)nn1Cc1ccc(Cn2nc(-c3ccccc3)nc2-c2ccccc2)cc1. The molecule has 2 heterocycles. The van der Waals surface area contributed by atoms with Crippen molar-refractivity contribution in [1.29, 1.82) is 0 Å². The largest absolute Gasteiger partial charge is 0.241 e. The third-order valence-electron chi connectivity index (χ3n) is 6.92. The van der Waals surface area contributed by atoms with E-state index < -0.39 is 0 Å². The third-order valence-corrected chi connectivity index (χ3v) is 6.92. The van der Waals surface area contributed by atoms with Gasteiger partial charge in [0.15, 0.2) is 23.3 Å². The van der Waals surface area contributed by atoms with Crippen LogP contribution in [0.5, 0.6) is 0 Å². The van der Waals surface area contributed by atoms with Crippen molar-refractivity contribution in [2.24, 2.45) is 0 Å². The fourth-order valence-electron chi connectivity index (χ4n) is 4.77. The number of benzene rings is 4. The molecule has 0 N–H and O–H groups in total. The topological polar surface area (TPSA) is 61.4 Å². The predicted octanol–water partition coefficient (Wildman–Crippen LogP) is 7.56. The first-order valence-electron chi connectivity index (χ1n) is 13.6. The summed E-state index contributed by atoms with van der Waals surface area (Å²) in [5, 5.41) is 9.75. The molecule has 0 fully saturated rings. The molecule has 6 heteroatoms. The Labute approximate surface area is 240 Å². The summed E-state index contributed by atoms with van der Waals surface area (Å²) < 4.78 is 3.93. The smallest absolute Gasteiger partial charge is 0.181 e. The Hall–Kier alpha value is -5.36. The van der Waals surface area contributed by atoms with Gasteiger partial charge in [0.05, 0.1) is 13.1 Å². The second-order valence-corrected chi connectivity index (χ2v) is 9.70. The average molecular weight is 535 g/mol. The summed E-state index contributed by atoms with van der Waals surface area (Å²) in [6.07, 6.45) is 3.84. The van der Waals surface area contributed by atoms with Gasteiger partial charge < -0.3 is 0 Å². The molecule has 6 nitrogen and oxygen atoms in total. The maximum Gasteiger partial charge on any atom is 0.181 e. The molecule has 4 aromatic carbocycles. The van der Waals surface area contributed by atoms with Gasteiger partial charge in [0.1, 0.15) is 0 Å². The number of aromatic nitrogens is 6. The van der Waals surface area contributed by atoms with Crippen LogP contribution < -0.4 is 0 Å². The van der Waals surface area contributed by atoms with Crippen LogP contribution in [0.25, 0.3) is 39.7 Å². The van der Waals surface area contributed by atoms with Crippen LogP contribution in [0.15, 0.2) is 134 Å². The molecule has 0 radical (unpaired) electrons. The normalized spacial score (nSPS) is 11.5. The highest BCUT2D eigenvalue weighted by molar-refractivity contribution is 5.70. The Morgan fingerprint density at radius 3 is 1.59 bits per heavy atom. The minimum atomic E-state index is 0.595.